The number of aryl methyl sites for hydroxylation is 1. The van der Waals surface area contributed by atoms with E-state index in [9.17, 15) is 19.8 Å². The molecule has 35 heavy (non-hydrogen) atoms. The molecule has 0 aromatic heterocycles. The van der Waals surface area contributed by atoms with Crippen LogP contribution in [0.25, 0.3) is 5.76 Å². The van der Waals surface area contributed by atoms with Crippen molar-refractivity contribution in [3.63, 3.8) is 0 Å². The first-order valence-corrected chi connectivity index (χ1v) is 11.4. The highest BCUT2D eigenvalue weighted by Crippen LogP contribution is 2.44. The van der Waals surface area contributed by atoms with E-state index in [0.717, 1.165) is 5.56 Å². The minimum atomic E-state index is -0.951. The van der Waals surface area contributed by atoms with Gasteiger partial charge in [-0.3, -0.25) is 14.5 Å². The smallest absolute Gasteiger partial charge is 0.300 e. The molecule has 1 unspecified atom stereocenters. The SMILES string of the molecule is CCOc1cccc(N2C(=O)C(=O)/C(=C(\O)c3ccc(C)cc3)C2c2ccc(O)c(OCC)c2)c1. The van der Waals surface area contributed by atoms with E-state index in [1.165, 1.54) is 11.0 Å². The molecular formula is C28H27NO6. The van der Waals surface area contributed by atoms with E-state index in [0.29, 0.717) is 35.8 Å². The number of hydrogen-bond acceptors (Lipinski definition) is 6. The highest BCUT2D eigenvalue weighted by molar-refractivity contribution is 6.51. The quantitative estimate of drug-likeness (QED) is 0.281. The molecule has 1 heterocycles. The summed E-state index contributed by atoms with van der Waals surface area (Å²) in [5.41, 5.74) is 2.31. The van der Waals surface area contributed by atoms with Gasteiger partial charge in [0.15, 0.2) is 11.5 Å². The second-order valence-corrected chi connectivity index (χ2v) is 8.13. The minimum absolute atomic E-state index is 0.0474. The van der Waals surface area contributed by atoms with Crippen LogP contribution in [-0.4, -0.2) is 35.1 Å². The molecule has 1 saturated heterocycles. The number of carbonyl (C=O) groups is 2. The summed E-state index contributed by atoms with van der Waals surface area (Å²) in [6.45, 7) is 6.31. The topological polar surface area (TPSA) is 96.3 Å². The molecule has 7 nitrogen and oxygen atoms in total. The zero-order valence-electron chi connectivity index (χ0n) is 19.8. The van der Waals surface area contributed by atoms with Gasteiger partial charge in [-0.1, -0.05) is 42.0 Å². The van der Waals surface area contributed by atoms with Crippen molar-refractivity contribution in [3.05, 3.63) is 89.0 Å². The summed E-state index contributed by atoms with van der Waals surface area (Å²) in [5.74, 6) is -1.16. The maximum atomic E-state index is 13.3. The van der Waals surface area contributed by atoms with Gasteiger partial charge in [0.25, 0.3) is 11.7 Å². The highest BCUT2D eigenvalue weighted by Gasteiger charge is 2.47. The number of ketones is 1. The number of ether oxygens (including phenoxy) is 2. The van der Waals surface area contributed by atoms with Crippen LogP contribution in [0.4, 0.5) is 5.69 Å². The van der Waals surface area contributed by atoms with Gasteiger partial charge in [-0.25, -0.2) is 0 Å². The molecule has 1 aliphatic rings. The van der Waals surface area contributed by atoms with Crippen LogP contribution in [0.3, 0.4) is 0 Å². The van der Waals surface area contributed by atoms with Gasteiger partial charge >= 0.3 is 0 Å². The normalized spacial score (nSPS) is 17.0. The lowest BCUT2D eigenvalue weighted by molar-refractivity contribution is -0.132. The summed E-state index contributed by atoms with van der Waals surface area (Å²) in [6, 6.07) is 17.6. The third kappa shape index (κ3) is 4.57. The molecule has 3 aromatic carbocycles. The monoisotopic (exact) mass is 473 g/mol. The molecule has 0 spiro atoms. The third-order valence-electron chi connectivity index (χ3n) is 5.78. The van der Waals surface area contributed by atoms with E-state index >= 15 is 0 Å². The molecule has 0 bridgehead atoms. The number of Topliss-reactive ketones (excluding diaryl/α,β-unsaturated/α-hetero) is 1. The van der Waals surface area contributed by atoms with Crippen LogP contribution in [0.2, 0.25) is 0 Å². The van der Waals surface area contributed by atoms with Gasteiger partial charge in [0.05, 0.1) is 24.8 Å². The molecule has 180 valence electrons. The Kier molecular flexibility index (Phi) is 6.78. The van der Waals surface area contributed by atoms with Crippen LogP contribution in [0.1, 0.15) is 36.6 Å². The number of hydrogen-bond donors (Lipinski definition) is 2. The average molecular weight is 474 g/mol. The molecule has 1 atom stereocenters. The molecule has 7 heteroatoms. The molecule has 3 aromatic rings. The number of carbonyl (C=O) groups excluding carboxylic acids is 2. The summed E-state index contributed by atoms with van der Waals surface area (Å²) in [5, 5.41) is 21.5. The fraction of sp³-hybridized carbons (Fsp3) is 0.214. The summed E-state index contributed by atoms with van der Waals surface area (Å²) in [4.78, 5) is 28.0. The Hall–Kier alpha value is -4.26. The zero-order chi connectivity index (χ0) is 25.1. The number of benzene rings is 3. The number of aliphatic hydroxyl groups is 1. The summed E-state index contributed by atoms with van der Waals surface area (Å²) < 4.78 is 11.1. The van der Waals surface area contributed by atoms with E-state index in [1.54, 1.807) is 55.5 Å². The minimum Gasteiger partial charge on any atom is -0.507 e. The highest BCUT2D eigenvalue weighted by atomic mass is 16.5. The number of phenols is 1. The van der Waals surface area contributed by atoms with E-state index in [4.69, 9.17) is 9.47 Å². The van der Waals surface area contributed by atoms with E-state index in [-0.39, 0.29) is 22.8 Å². The maximum Gasteiger partial charge on any atom is 0.300 e. The molecule has 1 amide bonds. The van der Waals surface area contributed by atoms with Gasteiger partial charge < -0.3 is 19.7 Å². The second kappa shape index (κ2) is 9.93. The third-order valence-corrected chi connectivity index (χ3v) is 5.78. The lowest BCUT2D eigenvalue weighted by Gasteiger charge is -2.26. The Labute approximate surface area is 203 Å². The Morgan fingerprint density at radius 1 is 0.943 bits per heavy atom. The predicted octanol–water partition coefficient (Wildman–Crippen LogP) is 5.12. The van der Waals surface area contributed by atoms with Crippen LogP contribution in [-0.2, 0) is 9.59 Å². The fourth-order valence-electron chi connectivity index (χ4n) is 4.14. The number of rotatable bonds is 7. The molecule has 4 rings (SSSR count). The van der Waals surface area contributed by atoms with Crippen molar-refractivity contribution < 1.29 is 29.3 Å². The Morgan fingerprint density at radius 3 is 2.34 bits per heavy atom. The standard InChI is InChI=1S/C28H27NO6/c1-4-34-21-8-6-7-20(16-21)29-25(19-13-14-22(30)23(15-19)35-5-2)24(27(32)28(29)33)26(31)18-11-9-17(3)10-12-18/h6-16,25,30-31H,4-5H2,1-3H3/b26-24-. The number of nitrogens with zero attached hydrogens (tertiary/aromatic N) is 1. The first kappa shape index (κ1) is 23.9. The van der Waals surface area contributed by atoms with Crippen molar-refractivity contribution in [2.24, 2.45) is 0 Å². The number of aliphatic hydroxyl groups excluding tert-OH is 1. The number of anilines is 1. The van der Waals surface area contributed by atoms with Crippen molar-refractivity contribution in [2.75, 3.05) is 18.1 Å². The summed E-state index contributed by atoms with van der Waals surface area (Å²) >= 11 is 0. The van der Waals surface area contributed by atoms with Crippen molar-refractivity contribution in [3.8, 4) is 17.2 Å². The van der Waals surface area contributed by atoms with Crippen LogP contribution >= 0.6 is 0 Å². The van der Waals surface area contributed by atoms with Crippen molar-refractivity contribution >= 4 is 23.1 Å². The van der Waals surface area contributed by atoms with E-state index in [2.05, 4.69) is 0 Å². The van der Waals surface area contributed by atoms with Crippen LogP contribution in [0.15, 0.2) is 72.3 Å². The maximum absolute atomic E-state index is 13.3. The van der Waals surface area contributed by atoms with Crippen LogP contribution < -0.4 is 14.4 Å². The average Bonchev–Trinajstić information content (AvgIpc) is 3.11. The molecule has 0 radical (unpaired) electrons. The van der Waals surface area contributed by atoms with Gasteiger partial charge in [-0.15, -0.1) is 0 Å². The van der Waals surface area contributed by atoms with Gasteiger partial charge in [-0.2, -0.15) is 0 Å². The van der Waals surface area contributed by atoms with Crippen LogP contribution in [0.5, 0.6) is 17.2 Å². The van der Waals surface area contributed by atoms with Crippen molar-refractivity contribution in [1.82, 2.24) is 0 Å². The lowest BCUT2D eigenvalue weighted by atomic mass is 9.94. The molecule has 0 aliphatic carbocycles. The lowest BCUT2D eigenvalue weighted by Crippen LogP contribution is -2.29. The van der Waals surface area contributed by atoms with Crippen LogP contribution in [0, 0.1) is 6.92 Å². The number of phenolic OH excluding ortho intramolecular Hbond substituents is 1. The van der Waals surface area contributed by atoms with Gasteiger partial charge in [-0.05, 0) is 50.6 Å². The van der Waals surface area contributed by atoms with E-state index < -0.39 is 17.7 Å². The second-order valence-electron chi connectivity index (χ2n) is 8.13. The Morgan fingerprint density at radius 2 is 1.66 bits per heavy atom. The number of amides is 1. The molecule has 1 fully saturated rings. The molecule has 2 N–H and O–H groups in total. The summed E-state index contributed by atoms with van der Waals surface area (Å²) in [6.07, 6.45) is 0. The zero-order valence-corrected chi connectivity index (χ0v) is 19.8. The molecular weight excluding hydrogens is 446 g/mol. The largest absolute Gasteiger partial charge is 0.507 e. The Balaban J connectivity index is 1.94. The first-order valence-electron chi connectivity index (χ1n) is 11.4. The Bertz CT molecular complexity index is 1300. The van der Waals surface area contributed by atoms with Gasteiger partial charge in [0, 0.05) is 17.3 Å². The number of aromatic hydroxyl groups is 1. The molecule has 0 saturated carbocycles. The first-order chi connectivity index (χ1) is 16.8. The predicted molar refractivity (Wildman–Crippen MR) is 133 cm³/mol. The van der Waals surface area contributed by atoms with E-state index in [1.807, 2.05) is 26.0 Å². The molecule has 1 aliphatic heterocycles. The van der Waals surface area contributed by atoms with Gasteiger partial charge in [0.2, 0.25) is 0 Å². The fourth-order valence-corrected chi connectivity index (χ4v) is 4.14. The van der Waals surface area contributed by atoms with Gasteiger partial charge in [0.1, 0.15) is 11.5 Å². The summed E-state index contributed by atoms with van der Waals surface area (Å²) in [7, 11) is 0. The van der Waals surface area contributed by atoms with Crippen molar-refractivity contribution in [2.45, 2.75) is 26.8 Å². The van der Waals surface area contributed by atoms with Crippen molar-refractivity contribution in [1.29, 1.82) is 0 Å².